The molecule has 2 fully saturated rings. The molecule has 78 valence electrons. The molecule has 0 bridgehead atoms. The molecule has 2 rings (SSSR count). The molecule has 2 saturated heterocycles. The van der Waals surface area contributed by atoms with Gasteiger partial charge >= 0.3 is 0 Å². The summed E-state index contributed by atoms with van der Waals surface area (Å²) in [6, 6.07) is 0. The molecule has 14 heavy (non-hydrogen) atoms. The maximum Gasteiger partial charge on any atom is 0.179 e. The number of hydrogen-bond donors (Lipinski definition) is 0. The van der Waals surface area contributed by atoms with Gasteiger partial charge in [-0.3, -0.25) is 0 Å². The fraction of sp³-hybridized carbons (Fsp3) is 0.909. The van der Waals surface area contributed by atoms with E-state index in [1.807, 2.05) is 4.90 Å². The van der Waals surface area contributed by atoms with Crippen LogP contribution in [-0.4, -0.2) is 43.0 Å². The van der Waals surface area contributed by atoms with Gasteiger partial charge in [0.1, 0.15) is 0 Å². The van der Waals surface area contributed by atoms with E-state index in [2.05, 4.69) is 18.1 Å². The lowest BCUT2D eigenvalue weighted by Gasteiger charge is -2.45. The lowest BCUT2D eigenvalue weighted by Crippen LogP contribution is -2.44. The molecule has 0 aromatic carbocycles. The number of hydrogen-bond acceptors (Lipinski definition) is 3. The van der Waals surface area contributed by atoms with Crippen molar-refractivity contribution in [1.82, 2.24) is 9.80 Å². The summed E-state index contributed by atoms with van der Waals surface area (Å²) in [6.07, 6.45) is 7.39. The molecule has 0 aromatic rings. The van der Waals surface area contributed by atoms with Crippen LogP contribution in [-0.2, 0) is 0 Å². The van der Waals surface area contributed by atoms with Gasteiger partial charge in [0.15, 0.2) is 6.19 Å². The van der Waals surface area contributed by atoms with E-state index in [1.54, 1.807) is 0 Å². The Morgan fingerprint density at radius 3 is 2.00 bits per heavy atom. The maximum atomic E-state index is 8.79. The molecule has 3 nitrogen and oxygen atoms in total. The molecular weight excluding hydrogens is 174 g/mol. The first-order valence-electron chi connectivity index (χ1n) is 5.57. The molecule has 0 aliphatic carbocycles. The van der Waals surface area contributed by atoms with Crippen LogP contribution in [0, 0.1) is 16.9 Å². The molecule has 0 unspecified atom stereocenters. The summed E-state index contributed by atoms with van der Waals surface area (Å²) in [4.78, 5) is 4.32. The fourth-order valence-electron chi connectivity index (χ4n) is 2.67. The van der Waals surface area contributed by atoms with Gasteiger partial charge in [-0.05, 0) is 51.2 Å². The summed E-state index contributed by atoms with van der Waals surface area (Å²) in [5.74, 6) is 0. The zero-order chi connectivity index (χ0) is 10.0. The largest absolute Gasteiger partial charge is 0.311 e. The highest BCUT2D eigenvalue weighted by Crippen LogP contribution is 2.40. The van der Waals surface area contributed by atoms with Gasteiger partial charge in [0.2, 0.25) is 0 Å². The highest BCUT2D eigenvalue weighted by molar-refractivity contribution is 4.92. The van der Waals surface area contributed by atoms with Crippen LogP contribution >= 0.6 is 0 Å². The molecule has 2 aliphatic heterocycles. The topological polar surface area (TPSA) is 30.3 Å². The Bertz CT molecular complexity index is 225. The lowest BCUT2D eigenvalue weighted by molar-refractivity contribution is 0.0604. The molecule has 0 aromatic heterocycles. The minimum absolute atomic E-state index is 0.583. The minimum atomic E-state index is 0.583. The second-order valence-electron chi connectivity index (χ2n) is 4.89. The Morgan fingerprint density at radius 2 is 1.50 bits per heavy atom. The predicted molar refractivity (Wildman–Crippen MR) is 55.6 cm³/mol. The van der Waals surface area contributed by atoms with Crippen LogP contribution in [0.1, 0.15) is 25.7 Å². The van der Waals surface area contributed by atoms with E-state index >= 15 is 0 Å². The van der Waals surface area contributed by atoms with E-state index < -0.39 is 0 Å². The Hall–Kier alpha value is -0.750. The van der Waals surface area contributed by atoms with Gasteiger partial charge in [0.05, 0.1) is 0 Å². The summed E-state index contributed by atoms with van der Waals surface area (Å²) in [5.41, 5.74) is 0.583. The quantitative estimate of drug-likeness (QED) is 0.543. The van der Waals surface area contributed by atoms with Crippen molar-refractivity contribution < 1.29 is 0 Å². The van der Waals surface area contributed by atoms with Crippen LogP contribution in [0.4, 0.5) is 0 Å². The van der Waals surface area contributed by atoms with Crippen molar-refractivity contribution in [2.75, 3.05) is 33.2 Å². The molecule has 0 N–H and O–H groups in total. The van der Waals surface area contributed by atoms with Gasteiger partial charge in [0.25, 0.3) is 0 Å². The first kappa shape index (κ1) is 9.79. The van der Waals surface area contributed by atoms with Gasteiger partial charge in [-0.2, -0.15) is 5.26 Å². The number of nitrogens with zero attached hydrogens (tertiary/aromatic N) is 3. The molecule has 0 amide bonds. The third-order valence-electron chi connectivity index (χ3n) is 4.01. The first-order chi connectivity index (χ1) is 6.74. The molecule has 2 aliphatic rings. The van der Waals surface area contributed by atoms with Crippen LogP contribution in [0.5, 0.6) is 0 Å². The number of likely N-dealkylation sites (tertiary alicyclic amines) is 2. The monoisotopic (exact) mass is 193 g/mol. The SMILES string of the molecule is CN1CCC2(CC1)CCN(C#N)CC2. The van der Waals surface area contributed by atoms with Gasteiger partial charge < -0.3 is 9.80 Å². The summed E-state index contributed by atoms with van der Waals surface area (Å²) in [6.45, 7) is 4.46. The average molecular weight is 193 g/mol. The molecule has 2 heterocycles. The lowest BCUT2D eigenvalue weighted by atomic mass is 9.71. The standard InChI is InChI=1S/C11H19N3/c1-13-6-2-11(3-7-13)4-8-14(10-12)9-5-11/h2-9H2,1H3. The fourth-order valence-corrected chi connectivity index (χ4v) is 2.67. The van der Waals surface area contributed by atoms with Crippen LogP contribution in [0.3, 0.4) is 0 Å². The Balaban J connectivity index is 1.90. The van der Waals surface area contributed by atoms with E-state index in [4.69, 9.17) is 5.26 Å². The predicted octanol–water partition coefficient (Wildman–Crippen LogP) is 1.28. The highest BCUT2D eigenvalue weighted by atomic mass is 15.1. The van der Waals surface area contributed by atoms with Crippen molar-refractivity contribution in [2.24, 2.45) is 5.41 Å². The van der Waals surface area contributed by atoms with Crippen molar-refractivity contribution in [2.45, 2.75) is 25.7 Å². The normalized spacial score (nSPS) is 27.6. The van der Waals surface area contributed by atoms with Crippen LogP contribution < -0.4 is 0 Å². The van der Waals surface area contributed by atoms with E-state index in [9.17, 15) is 0 Å². The van der Waals surface area contributed by atoms with Gasteiger partial charge in [-0.15, -0.1) is 0 Å². The molecule has 0 atom stereocenters. The Kier molecular flexibility index (Phi) is 2.64. The minimum Gasteiger partial charge on any atom is -0.311 e. The molecule has 1 spiro atoms. The van der Waals surface area contributed by atoms with Crippen molar-refractivity contribution in [3.05, 3.63) is 0 Å². The van der Waals surface area contributed by atoms with Crippen LogP contribution in [0.25, 0.3) is 0 Å². The number of piperidine rings is 2. The van der Waals surface area contributed by atoms with Crippen LogP contribution in [0.2, 0.25) is 0 Å². The van der Waals surface area contributed by atoms with Crippen molar-refractivity contribution in [3.63, 3.8) is 0 Å². The van der Waals surface area contributed by atoms with Gasteiger partial charge in [-0.1, -0.05) is 0 Å². The second-order valence-corrected chi connectivity index (χ2v) is 4.89. The Morgan fingerprint density at radius 1 is 1.00 bits per heavy atom. The zero-order valence-corrected chi connectivity index (χ0v) is 9.00. The zero-order valence-electron chi connectivity index (χ0n) is 9.00. The number of rotatable bonds is 0. The highest BCUT2D eigenvalue weighted by Gasteiger charge is 2.36. The van der Waals surface area contributed by atoms with E-state index in [1.165, 1.54) is 38.8 Å². The maximum absolute atomic E-state index is 8.79. The molecule has 0 radical (unpaired) electrons. The van der Waals surface area contributed by atoms with E-state index in [0.29, 0.717) is 5.41 Å². The van der Waals surface area contributed by atoms with Crippen LogP contribution in [0.15, 0.2) is 0 Å². The third-order valence-corrected chi connectivity index (χ3v) is 4.01. The first-order valence-corrected chi connectivity index (χ1v) is 5.57. The molecule has 0 saturated carbocycles. The van der Waals surface area contributed by atoms with Crippen molar-refractivity contribution in [1.29, 1.82) is 5.26 Å². The summed E-state index contributed by atoms with van der Waals surface area (Å²) >= 11 is 0. The van der Waals surface area contributed by atoms with E-state index in [-0.39, 0.29) is 0 Å². The molecular formula is C11H19N3. The van der Waals surface area contributed by atoms with Gasteiger partial charge in [0, 0.05) is 13.1 Å². The summed E-state index contributed by atoms with van der Waals surface area (Å²) < 4.78 is 0. The van der Waals surface area contributed by atoms with Crippen molar-refractivity contribution >= 4 is 0 Å². The van der Waals surface area contributed by atoms with Gasteiger partial charge in [-0.25, -0.2) is 0 Å². The number of nitriles is 1. The molecule has 3 heteroatoms. The summed E-state index contributed by atoms with van der Waals surface area (Å²) in [7, 11) is 2.21. The smallest absolute Gasteiger partial charge is 0.179 e. The Labute approximate surface area is 86.3 Å². The van der Waals surface area contributed by atoms with Crippen molar-refractivity contribution in [3.8, 4) is 6.19 Å². The summed E-state index contributed by atoms with van der Waals surface area (Å²) in [5, 5.41) is 8.79. The second kappa shape index (κ2) is 3.78. The average Bonchev–Trinajstić information content (AvgIpc) is 2.24. The van der Waals surface area contributed by atoms with E-state index in [0.717, 1.165) is 13.1 Å². The third kappa shape index (κ3) is 1.85.